The fraction of sp³-hybridized carbons (Fsp3) is 0.133. The molecule has 0 saturated carbocycles. The predicted molar refractivity (Wildman–Crippen MR) is 83.6 cm³/mol. The molecule has 0 amide bonds. The first-order chi connectivity index (χ1) is 9.78. The maximum atomic E-state index is 6.10. The molecule has 102 valence electrons. The number of nitrogens with zero attached hydrogens (tertiary/aromatic N) is 1. The average molecular weight is 287 g/mol. The minimum Gasteiger partial charge on any atom is -0.361 e. The molecule has 1 aromatic carbocycles. The number of nitrogens with one attached hydrogen (secondary N) is 3. The zero-order valence-corrected chi connectivity index (χ0v) is 11.8. The zero-order valence-electron chi connectivity index (χ0n) is 11.1. The van der Waals surface area contributed by atoms with E-state index in [0.717, 1.165) is 23.4 Å². The first-order valence-corrected chi connectivity index (χ1v) is 6.77. The van der Waals surface area contributed by atoms with Gasteiger partial charge in [0, 0.05) is 41.7 Å². The lowest BCUT2D eigenvalue weighted by Crippen LogP contribution is -2.03. The van der Waals surface area contributed by atoms with Gasteiger partial charge in [0.25, 0.3) is 0 Å². The van der Waals surface area contributed by atoms with Crippen LogP contribution in [0.4, 0.5) is 11.4 Å². The Hall–Kier alpha value is -2.04. The van der Waals surface area contributed by atoms with E-state index >= 15 is 0 Å². The molecule has 3 aromatic rings. The maximum Gasteiger partial charge on any atom is 0.0824 e. The molecule has 0 saturated heterocycles. The predicted octanol–water partition coefficient (Wildman–Crippen LogP) is 3.68. The molecule has 0 unspecified atom stereocenters. The first kappa shape index (κ1) is 13.0. The van der Waals surface area contributed by atoms with Crippen LogP contribution in [-0.2, 0) is 6.54 Å². The van der Waals surface area contributed by atoms with E-state index in [4.69, 9.17) is 11.6 Å². The van der Waals surface area contributed by atoms with Gasteiger partial charge in [-0.2, -0.15) is 0 Å². The van der Waals surface area contributed by atoms with Gasteiger partial charge in [-0.05, 0) is 30.8 Å². The number of anilines is 2. The van der Waals surface area contributed by atoms with Crippen LogP contribution < -0.4 is 10.6 Å². The molecule has 0 aliphatic carbocycles. The van der Waals surface area contributed by atoms with Crippen molar-refractivity contribution in [1.82, 2.24) is 15.3 Å². The van der Waals surface area contributed by atoms with E-state index in [9.17, 15) is 0 Å². The van der Waals surface area contributed by atoms with E-state index in [1.54, 1.807) is 12.4 Å². The zero-order chi connectivity index (χ0) is 13.9. The van der Waals surface area contributed by atoms with Gasteiger partial charge in [0.05, 0.1) is 10.7 Å². The molecule has 0 atom stereocenters. The van der Waals surface area contributed by atoms with Crippen LogP contribution in [0.15, 0.2) is 42.9 Å². The quantitative estimate of drug-likeness (QED) is 0.686. The Morgan fingerprint density at radius 1 is 1.30 bits per heavy atom. The van der Waals surface area contributed by atoms with Crippen LogP contribution in [-0.4, -0.2) is 17.0 Å². The van der Waals surface area contributed by atoms with Gasteiger partial charge < -0.3 is 15.6 Å². The van der Waals surface area contributed by atoms with Crippen LogP contribution >= 0.6 is 11.6 Å². The molecule has 0 aliphatic heterocycles. The largest absolute Gasteiger partial charge is 0.361 e. The molecular weight excluding hydrogens is 272 g/mol. The molecule has 0 aliphatic rings. The van der Waals surface area contributed by atoms with Gasteiger partial charge in [0.15, 0.2) is 0 Å². The summed E-state index contributed by atoms with van der Waals surface area (Å²) in [5.74, 6) is 0. The van der Waals surface area contributed by atoms with E-state index in [0.29, 0.717) is 5.02 Å². The number of fused-ring (bicyclic) bond motifs is 1. The first-order valence-electron chi connectivity index (χ1n) is 6.39. The molecule has 0 fully saturated rings. The van der Waals surface area contributed by atoms with Crippen molar-refractivity contribution < 1.29 is 0 Å². The number of hydrogen-bond acceptors (Lipinski definition) is 3. The van der Waals surface area contributed by atoms with Crippen molar-refractivity contribution in [2.45, 2.75) is 6.54 Å². The molecule has 4 nitrogen and oxygen atoms in total. The lowest BCUT2D eigenvalue weighted by molar-refractivity contribution is 0.823. The summed E-state index contributed by atoms with van der Waals surface area (Å²) >= 11 is 6.10. The van der Waals surface area contributed by atoms with E-state index in [1.807, 2.05) is 25.4 Å². The molecule has 2 heterocycles. The number of pyridine rings is 1. The summed E-state index contributed by atoms with van der Waals surface area (Å²) in [6, 6.07) is 8.08. The fourth-order valence-corrected chi connectivity index (χ4v) is 2.40. The van der Waals surface area contributed by atoms with Crippen LogP contribution in [0.25, 0.3) is 10.9 Å². The monoisotopic (exact) mass is 286 g/mol. The van der Waals surface area contributed by atoms with Crippen LogP contribution in [0.1, 0.15) is 5.56 Å². The highest BCUT2D eigenvalue weighted by molar-refractivity contribution is 6.33. The Morgan fingerprint density at radius 3 is 3.00 bits per heavy atom. The highest BCUT2D eigenvalue weighted by atomic mass is 35.5. The van der Waals surface area contributed by atoms with Crippen LogP contribution in [0.5, 0.6) is 0 Å². The topological polar surface area (TPSA) is 52.7 Å². The summed E-state index contributed by atoms with van der Waals surface area (Å²) in [5, 5.41) is 8.30. The molecule has 0 radical (unpaired) electrons. The molecule has 20 heavy (non-hydrogen) atoms. The lowest BCUT2D eigenvalue weighted by atomic mass is 10.1. The summed E-state index contributed by atoms with van der Waals surface area (Å²) in [6.07, 6.45) is 5.37. The molecule has 0 bridgehead atoms. The number of halogens is 1. The second-order valence-electron chi connectivity index (χ2n) is 4.59. The van der Waals surface area contributed by atoms with Gasteiger partial charge in [0.1, 0.15) is 0 Å². The molecule has 3 N–H and O–H groups in total. The summed E-state index contributed by atoms with van der Waals surface area (Å²) in [7, 11) is 1.94. The van der Waals surface area contributed by atoms with Gasteiger partial charge in [-0.25, -0.2) is 0 Å². The molecule has 5 heteroatoms. The highest BCUT2D eigenvalue weighted by Crippen LogP contribution is 2.27. The summed E-state index contributed by atoms with van der Waals surface area (Å²) in [5.41, 5.74) is 4.20. The second kappa shape index (κ2) is 5.53. The minimum atomic E-state index is 0.606. The summed E-state index contributed by atoms with van der Waals surface area (Å²) in [4.78, 5) is 7.26. The maximum absolute atomic E-state index is 6.10. The van der Waals surface area contributed by atoms with Crippen molar-refractivity contribution >= 4 is 33.9 Å². The van der Waals surface area contributed by atoms with Crippen molar-refractivity contribution in [3.8, 4) is 0 Å². The number of aromatic amines is 1. The Morgan fingerprint density at radius 2 is 2.20 bits per heavy atom. The molecule has 2 aromatic heterocycles. The summed E-state index contributed by atoms with van der Waals surface area (Å²) < 4.78 is 0. The van der Waals surface area contributed by atoms with Crippen LogP contribution in [0.3, 0.4) is 0 Å². The van der Waals surface area contributed by atoms with Crippen molar-refractivity contribution in [2.24, 2.45) is 0 Å². The van der Waals surface area contributed by atoms with Crippen molar-refractivity contribution in [1.29, 1.82) is 0 Å². The highest BCUT2D eigenvalue weighted by Gasteiger charge is 2.05. The van der Waals surface area contributed by atoms with Crippen molar-refractivity contribution in [2.75, 3.05) is 12.4 Å². The van der Waals surface area contributed by atoms with E-state index in [-0.39, 0.29) is 0 Å². The number of hydrogen-bond donors (Lipinski definition) is 3. The third-order valence-corrected chi connectivity index (χ3v) is 3.49. The minimum absolute atomic E-state index is 0.606. The van der Waals surface area contributed by atoms with Gasteiger partial charge in [-0.15, -0.1) is 0 Å². The van der Waals surface area contributed by atoms with Crippen LogP contribution in [0, 0.1) is 0 Å². The number of aromatic nitrogens is 2. The van der Waals surface area contributed by atoms with Crippen molar-refractivity contribution in [3.63, 3.8) is 0 Å². The number of rotatable bonds is 4. The SMILES string of the molecule is CNCc1c[nH]c2cc(Nc3ccncc3Cl)ccc12. The number of H-pyrrole nitrogens is 1. The normalized spacial score (nSPS) is 10.9. The third-order valence-electron chi connectivity index (χ3n) is 3.19. The second-order valence-corrected chi connectivity index (χ2v) is 4.99. The Bertz CT molecular complexity index is 736. The molecule has 0 spiro atoms. The van der Waals surface area contributed by atoms with Gasteiger partial charge in [0.2, 0.25) is 0 Å². The van der Waals surface area contributed by atoms with Gasteiger partial charge >= 0.3 is 0 Å². The summed E-state index contributed by atoms with van der Waals surface area (Å²) in [6.45, 7) is 0.850. The Balaban J connectivity index is 1.92. The third kappa shape index (κ3) is 2.48. The van der Waals surface area contributed by atoms with E-state index in [1.165, 1.54) is 10.9 Å². The number of benzene rings is 1. The molecule has 3 rings (SSSR count). The fourth-order valence-electron chi connectivity index (χ4n) is 2.23. The average Bonchev–Trinajstić information content (AvgIpc) is 2.85. The van der Waals surface area contributed by atoms with Crippen molar-refractivity contribution in [3.05, 3.63) is 53.4 Å². The molecular formula is C15H15ClN4. The van der Waals surface area contributed by atoms with Gasteiger partial charge in [-0.1, -0.05) is 17.7 Å². The van der Waals surface area contributed by atoms with E-state index < -0.39 is 0 Å². The standard InChI is InChI=1S/C15H15ClN4/c1-17-7-10-8-19-15-6-11(2-3-12(10)15)20-14-4-5-18-9-13(14)16/h2-6,8-9,17,19H,7H2,1H3,(H,18,20). The smallest absolute Gasteiger partial charge is 0.0824 e. The van der Waals surface area contributed by atoms with Gasteiger partial charge in [-0.3, -0.25) is 4.98 Å². The Kier molecular flexibility index (Phi) is 3.58. The van der Waals surface area contributed by atoms with Crippen LogP contribution in [0.2, 0.25) is 5.02 Å². The lowest BCUT2D eigenvalue weighted by Gasteiger charge is -2.08. The Labute approximate surface area is 122 Å². The van der Waals surface area contributed by atoms with E-state index in [2.05, 4.69) is 32.7 Å².